The standard InChI is InChI=1S/C21H21N/c1-15(2)20-12-16(3)14-22-21(20)19-11-7-10-18(13-19)17-8-5-4-6-9-17/h4-15H,1-3H3. The van der Waals surface area contributed by atoms with Crippen molar-refractivity contribution in [2.24, 2.45) is 0 Å². The van der Waals surface area contributed by atoms with Gasteiger partial charge in [-0.05, 0) is 41.2 Å². The molecule has 3 rings (SSSR count). The Bertz CT molecular complexity index is 773. The van der Waals surface area contributed by atoms with Crippen molar-refractivity contribution in [3.63, 3.8) is 0 Å². The van der Waals surface area contributed by atoms with Gasteiger partial charge in [0.05, 0.1) is 5.69 Å². The molecular formula is C21H21N. The van der Waals surface area contributed by atoms with Crippen LogP contribution in [-0.2, 0) is 0 Å². The summed E-state index contributed by atoms with van der Waals surface area (Å²) in [6, 6.07) is 21.4. The number of nitrogens with zero attached hydrogens (tertiary/aromatic N) is 1. The maximum absolute atomic E-state index is 4.70. The van der Waals surface area contributed by atoms with Gasteiger partial charge in [-0.2, -0.15) is 0 Å². The zero-order chi connectivity index (χ0) is 15.5. The Morgan fingerprint density at radius 1 is 0.773 bits per heavy atom. The number of benzene rings is 2. The van der Waals surface area contributed by atoms with Gasteiger partial charge in [0.15, 0.2) is 0 Å². The number of hydrogen-bond donors (Lipinski definition) is 0. The fourth-order valence-electron chi connectivity index (χ4n) is 2.75. The Labute approximate surface area is 132 Å². The predicted octanol–water partition coefficient (Wildman–Crippen LogP) is 5.85. The molecule has 0 saturated heterocycles. The van der Waals surface area contributed by atoms with E-state index in [4.69, 9.17) is 4.98 Å². The molecule has 22 heavy (non-hydrogen) atoms. The Hall–Kier alpha value is -2.41. The summed E-state index contributed by atoms with van der Waals surface area (Å²) in [4.78, 5) is 4.70. The Morgan fingerprint density at radius 2 is 1.45 bits per heavy atom. The number of rotatable bonds is 3. The minimum Gasteiger partial charge on any atom is -0.256 e. The average Bonchev–Trinajstić information content (AvgIpc) is 2.55. The summed E-state index contributed by atoms with van der Waals surface area (Å²) < 4.78 is 0. The normalized spacial score (nSPS) is 10.9. The molecule has 0 saturated carbocycles. The molecule has 0 radical (unpaired) electrons. The molecule has 0 N–H and O–H groups in total. The summed E-state index contributed by atoms with van der Waals surface area (Å²) in [6.45, 7) is 6.55. The summed E-state index contributed by atoms with van der Waals surface area (Å²) in [6.07, 6.45) is 1.95. The maximum atomic E-state index is 4.70. The Morgan fingerprint density at radius 3 is 2.18 bits per heavy atom. The third-order valence-electron chi connectivity index (χ3n) is 3.92. The van der Waals surface area contributed by atoms with Crippen LogP contribution in [0.15, 0.2) is 66.9 Å². The van der Waals surface area contributed by atoms with E-state index >= 15 is 0 Å². The zero-order valence-corrected chi connectivity index (χ0v) is 13.4. The van der Waals surface area contributed by atoms with Crippen LogP contribution in [-0.4, -0.2) is 4.98 Å². The van der Waals surface area contributed by atoms with Crippen molar-refractivity contribution in [3.8, 4) is 22.4 Å². The molecule has 1 heteroatoms. The van der Waals surface area contributed by atoms with E-state index in [1.54, 1.807) is 0 Å². The molecule has 1 heterocycles. The van der Waals surface area contributed by atoms with Gasteiger partial charge in [0, 0.05) is 11.8 Å². The van der Waals surface area contributed by atoms with Crippen molar-refractivity contribution < 1.29 is 0 Å². The number of pyridine rings is 1. The first kappa shape index (κ1) is 14.5. The summed E-state index contributed by atoms with van der Waals surface area (Å²) in [7, 11) is 0. The monoisotopic (exact) mass is 287 g/mol. The smallest absolute Gasteiger partial charge is 0.0736 e. The Balaban J connectivity index is 2.10. The second kappa shape index (κ2) is 6.15. The molecule has 0 atom stereocenters. The highest BCUT2D eigenvalue weighted by molar-refractivity contribution is 5.73. The van der Waals surface area contributed by atoms with E-state index in [-0.39, 0.29) is 0 Å². The highest BCUT2D eigenvalue weighted by Gasteiger charge is 2.11. The Kier molecular flexibility index (Phi) is 4.06. The van der Waals surface area contributed by atoms with E-state index in [1.165, 1.54) is 27.8 Å². The van der Waals surface area contributed by atoms with Gasteiger partial charge in [0.1, 0.15) is 0 Å². The molecule has 0 bridgehead atoms. The van der Waals surface area contributed by atoms with Gasteiger partial charge in [0.25, 0.3) is 0 Å². The second-order valence-electron chi connectivity index (χ2n) is 6.05. The van der Waals surface area contributed by atoms with Crippen molar-refractivity contribution in [2.45, 2.75) is 26.7 Å². The van der Waals surface area contributed by atoms with E-state index in [0.717, 1.165) is 5.69 Å². The van der Waals surface area contributed by atoms with Gasteiger partial charge in [0.2, 0.25) is 0 Å². The molecule has 0 aliphatic heterocycles. The first-order valence-corrected chi connectivity index (χ1v) is 7.77. The largest absolute Gasteiger partial charge is 0.256 e. The van der Waals surface area contributed by atoms with Gasteiger partial charge in [-0.3, -0.25) is 4.98 Å². The molecule has 2 aromatic carbocycles. The molecule has 0 amide bonds. The van der Waals surface area contributed by atoms with Crippen molar-refractivity contribution in [2.75, 3.05) is 0 Å². The lowest BCUT2D eigenvalue weighted by Crippen LogP contribution is -1.97. The highest BCUT2D eigenvalue weighted by Crippen LogP contribution is 2.30. The van der Waals surface area contributed by atoms with Gasteiger partial charge in [-0.1, -0.05) is 68.4 Å². The van der Waals surface area contributed by atoms with Gasteiger partial charge in [-0.15, -0.1) is 0 Å². The van der Waals surface area contributed by atoms with Crippen molar-refractivity contribution in [1.82, 2.24) is 4.98 Å². The minimum absolute atomic E-state index is 0.461. The topological polar surface area (TPSA) is 12.9 Å². The lowest BCUT2D eigenvalue weighted by atomic mass is 9.94. The SMILES string of the molecule is Cc1cnc(-c2cccc(-c3ccccc3)c2)c(C(C)C)c1. The molecular weight excluding hydrogens is 266 g/mol. The number of hydrogen-bond acceptors (Lipinski definition) is 1. The minimum atomic E-state index is 0.461. The number of aromatic nitrogens is 1. The number of aryl methyl sites for hydroxylation is 1. The van der Waals surface area contributed by atoms with Crippen molar-refractivity contribution in [3.05, 3.63) is 78.0 Å². The van der Waals surface area contributed by atoms with E-state index in [2.05, 4.69) is 75.4 Å². The van der Waals surface area contributed by atoms with Gasteiger partial charge in [-0.25, -0.2) is 0 Å². The summed E-state index contributed by atoms with van der Waals surface area (Å²) in [5.41, 5.74) is 7.28. The second-order valence-corrected chi connectivity index (χ2v) is 6.05. The van der Waals surface area contributed by atoms with Crippen LogP contribution in [0, 0.1) is 6.92 Å². The third-order valence-corrected chi connectivity index (χ3v) is 3.92. The van der Waals surface area contributed by atoms with E-state index in [0.29, 0.717) is 5.92 Å². The highest BCUT2D eigenvalue weighted by atomic mass is 14.7. The molecule has 0 aliphatic carbocycles. The first-order chi connectivity index (χ1) is 10.6. The maximum Gasteiger partial charge on any atom is 0.0736 e. The fourth-order valence-corrected chi connectivity index (χ4v) is 2.75. The molecule has 1 aromatic heterocycles. The van der Waals surface area contributed by atoms with Gasteiger partial charge >= 0.3 is 0 Å². The van der Waals surface area contributed by atoms with E-state index in [9.17, 15) is 0 Å². The van der Waals surface area contributed by atoms with Crippen LogP contribution in [0.5, 0.6) is 0 Å². The van der Waals surface area contributed by atoms with Gasteiger partial charge < -0.3 is 0 Å². The van der Waals surface area contributed by atoms with Crippen LogP contribution in [0.1, 0.15) is 30.9 Å². The lowest BCUT2D eigenvalue weighted by molar-refractivity contribution is 0.859. The van der Waals surface area contributed by atoms with Crippen LogP contribution in [0.3, 0.4) is 0 Å². The van der Waals surface area contributed by atoms with Crippen LogP contribution in [0.2, 0.25) is 0 Å². The predicted molar refractivity (Wildman–Crippen MR) is 93.9 cm³/mol. The molecule has 0 unspecified atom stereocenters. The molecule has 0 fully saturated rings. The molecule has 0 aliphatic rings. The third kappa shape index (κ3) is 2.94. The summed E-state index contributed by atoms with van der Waals surface area (Å²) >= 11 is 0. The fraction of sp³-hybridized carbons (Fsp3) is 0.190. The average molecular weight is 287 g/mol. The molecule has 3 aromatic rings. The molecule has 1 nitrogen and oxygen atoms in total. The van der Waals surface area contributed by atoms with Crippen LogP contribution in [0.25, 0.3) is 22.4 Å². The van der Waals surface area contributed by atoms with Crippen molar-refractivity contribution >= 4 is 0 Å². The summed E-state index contributed by atoms with van der Waals surface area (Å²) in [5.74, 6) is 0.461. The quantitative estimate of drug-likeness (QED) is 0.589. The van der Waals surface area contributed by atoms with Crippen LogP contribution < -0.4 is 0 Å². The van der Waals surface area contributed by atoms with Crippen LogP contribution >= 0.6 is 0 Å². The van der Waals surface area contributed by atoms with Crippen molar-refractivity contribution in [1.29, 1.82) is 0 Å². The van der Waals surface area contributed by atoms with Crippen LogP contribution in [0.4, 0.5) is 0 Å². The van der Waals surface area contributed by atoms with E-state index < -0.39 is 0 Å². The summed E-state index contributed by atoms with van der Waals surface area (Å²) in [5, 5.41) is 0. The van der Waals surface area contributed by atoms with E-state index in [1.807, 2.05) is 12.3 Å². The first-order valence-electron chi connectivity index (χ1n) is 7.77. The molecule has 0 spiro atoms. The molecule has 110 valence electrons. The lowest BCUT2D eigenvalue weighted by Gasteiger charge is -2.14. The zero-order valence-electron chi connectivity index (χ0n) is 13.4.